The fourth-order valence-corrected chi connectivity index (χ4v) is 1.86. The maximum atomic E-state index is 11.8. The van der Waals surface area contributed by atoms with Gasteiger partial charge in [0.2, 0.25) is 5.91 Å². The van der Waals surface area contributed by atoms with Gasteiger partial charge in [-0.2, -0.15) is 5.10 Å². The molecule has 0 aliphatic rings. The lowest BCUT2D eigenvalue weighted by Gasteiger charge is -2.07. The van der Waals surface area contributed by atoms with E-state index in [0.29, 0.717) is 30.4 Å². The van der Waals surface area contributed by atoms with E-state index in [1.165, 1.54) is 0 Å². The van der Waals surface area contributed by atoms with Gasteiger partial charge < -0.3 is 10.6 Å². The summed E-state index contributed by atoms with van der Waals surface area (Å²) >= 11 is 5.80. The Hall–Kier alpha value is -2.14. The van der Waals surface area contributed by atoms with Crippen LogP contribution in [0.4, 0.5) is 5.82 Å². The van der Waals surface area contributed by atoms with Crippen molar-refractivity contribution in [3.63, 3.8) is 0 Å². The standard InChI is InChI=1S/C15H17ClN4O/c1-11-2-7-14(20-19-11)17-8-9-18-15(21)10-12-3-5-13(16)6-4-12/h2-7H,8-10H2,1H3,(H,17,20)(H,18,21). The lowest BCUT2D eigenvalue weighted by molar-refractivity contribution is -0.120. The van der Waals surface area contributed by atoms with Crippen LogP contribution in [0.1, 0.15) is 11.3 Å². The molecule has 0 radical (unpaired) electrons. The number of carbonyl (C=O) groups excluding carboxylic acids is 1. The highest BCUT2D eigenvalue weighted by Gasteiger charge is 2.02. The van der Waals surface area contributed by atoms with Crippen molar-refractivity contribution in [1.82, 2.24) is 15.5 Å². The molecule has 0 aliphatic carbocycles. The van der Waals surface area contributed by atoms with E-state index in [1.807, 2.05) is 31.2 Å². The number of amides is 1. The SMILES string of the molecule is Cc1ccc(NCCNC(=O)Cc2ccc(Cl)cc2)nn1. The summed E-state index contributed by atoms with van der Waals surface area (Å²) in [5, 5.41) is 14.5. The first kappa shape index (κ1) is 15.3. The molecule has 0 bridgehead atoms. The van der Waals surface area contributed by atoms with Crippen molar-refractivity contribution in [3.05, 3.63) is 52.7 Å². The molecule has 0 saturated heterocycles. The largest absolute Gasteiger partial charge is 0.367 e. The molecule has 2 rings (SSSR count). The smallest absolute Gasteiger partial charge is 0.224 e. The minimum atomic E-state index is -0.0193. The van der Waals surface area contributed by atoms with E-state index in [-0.39, 0.29) is 5.91 Å². The molecule has 0 saturated carbocycles. The first-order chi connectivity index (χ1) is 10.1. The third kappa shape index (κ3) is 5.39. The molecule has 1 amide bonds. The number of benzene rings is 1. The van der Waals surface area contributed by atoms with Gasteiger partial charge in [0.05, 0.1) is 12.1 Å². The van der Waals surface area contributed by atoms with Gasteiger partial charge in [0, 0.05) is 18.1 Å². The zero-order valence-electron chi connectivity index (χ0n) is 11.8. The average Bonchev–Trinajstić information content (AvgIpc) is 2.48. The molecular formula is C15H17ClN4O. The highest BCUT2D eigenvalue weighted by molar-refractivity contribution is 6.30. The van der Waals surface area contributed by atoms with Crippen LogP contribution in [0.3, 0.4) is 0 Å². The fraction of sp³-hybridized carbons (Fsp3) is 0.267. The molecule has 2 aromatic rings. The molecular weight excluding hydrogens is 288 g/mol. The molecule has 0 spiro atoms. The number of halogens is 1. The summed E-state index contributed by atoms with van der Waals surface area (Å²) in [6.07, 6.45) is 0.349. The van der Waals surface area contributed by atoms with Crippen molar-refractivity contribution in [2.45, 2.75) is 13.3 Å². The molecule has 0 fully saturated rings. The molecule has 0 atom stereocenters. The lowest BCUT2D eigenvalue weighted by Crippen LogP contribution is -2.30. The van der Waals surface area contributed by atoms with Gasteiger partial charge in [-0.3, -0.25) is 4.79 Å². The van der Waals surface area contributed by atoms with Crippen molar-refractivity contribution in [2.24, 2.45) is 0 Å². The number of nitrogens with zero attached hydrogens (tertiary/aromatic N) is 2. The van der Waals surface area contributed by atoms with Crippen molar-refractivity contribution < 1.29 is 4.79 Å². The Kier molecular flexibility index (Phi) is 5.51. The van der Waals surface area contributed by atoms with Crippen LogP contribution >= 0.6 is 11.6 Å². The number of hydrogen-bond donors (Lipinski definition) is 2. The average molecular weight is 305 g/mol. The number of anilines is 1. The van der Waals surface area contributed by atoms with Gasteiger partial charge in [0.1, 0.15) is 5.82 Å². The van der Waals surface area contributed by atoms with Crippen molar-refractivity contribution in [3.8, 4) is 0 Å². The van der Waals surface area contributed by atoms with E-state index in [1.54, 1.807) is 12.1 Å². The molecule has 0 aliphatic heterocycles. The van der Waals surface area contributed by atoms with Crippen LogP contribution < -0.4 is 10.6 Å². The number of aryl methyl sites for hydroxylation is 1. The first-order valence-electron chi connectivity index (χ1n) is 6.69. The second kappa shape index (κ2) is 7.59. The van der Waals surface area contributed by atoms with E-state index < -0.39 is 0 Å². The van der Waals surface area contributed by atoms with Crippen molar-refractivity contribution in [2.75, 3.05) is 18.4 Å². The maximum absolute atomic E-state index is 11.8. The third-order valence-electron chi connectivity index (χ3n) is 2.83. The van der Waals surface area contributed by atoms with E-state index in [4.69, 9.17) is 11.6 Å². The maximum Gasteiger partial charge on any atom is 0.224 e. The number of hydrogen-bond acceptors (Lipinski definition) is 4. The Bertz CT molecular complexity index is 584. The predicted molar refractivity (Wildman–Crippen MR) is 83.4 cm³/mol. The summed E-state index contributed by atoms with van der Waals surface area (Å²) in [6, 6.07) is 11.0. The van der Waals surface area contributed by atoms with Crippen LogP contribution in [0.2, 0.25) is 5.02 Å². The highest BCUT2D eigenvalue weighted by atomic mass is 35.5. The van der Waals surface area contributed by atoms with E-state index in [9.17, 15) is 4.79 Å². The molecule has 1 aromatic carbocycles. The molecule has 1 heterocycles. The normalized spacial score (nSPS) is 10.2. The highest BCUT2D eigenvalue weighted by Crippen LogP contribution is 2.09. The van der Waals surface area contributed by atoms with Gasteiger partial charge in [0.15, 0.2) is 0 Å². The molecule has 5 nitrogen and oxygen atoms in total. The minimum Gasteiger partial charge on any atom is -0.367 e. The van der Waals surface area contributed by atoms with E-state index in [2.05, 4.69) is 20.8 Å². The van der Waals surface area contributed by atoms with Crippen LogP contribution in [-0.2, 0) is 11.2 Å². The number of aromatic nitrogens is 2. The summed E-state index contributed by atoms with van der Waals surface area (Å²) in [5.41, 5.74) is 1.81. The summed E-state index contributed by atoms with van der Waals surface area (Å²) in [7, 11) is 0. The Morgan fingerprint density at radius 3 is 2.52 bits per heavy atom. The quantitative estimate of drug-likeness (QED) is 0.803. The molecule has 0 unspecified atom stereocenters. The summed E-state index contributed by atoms with van der Waals surface area (Å²) in [5.74, 6) is 0.682. The summed E-state index contributed by atoms with van der Waals surface area (Å²) < 4.78 is 0. The van der Waals surface area contributed by atoms with Gasteiger partial charge in [-0.05, 0) is 36.8 Å². The third-order valence-corrected chi connectivity index (χ3v) is 3.08. The van der Waals surface area contributed by atoms with Crippen molar-refractivity contribution in [1.29, 1.82) is 0 Å². The Balaban J connectivity index is 1.67. The second-order valence-electron chi connectivity index (χ2n) is 4.64. The minimum absolute atomic E-state index is 0.0193. The zero-order chi connectivity index (χ0) is 15.1. The van der Waals surface area contributed by atoms with Gasteiger partial charge in [-0.25, -0.2) is 0 Å². The molecule has 2 N–H and O–H groups in total. The zero-order valence-corrected chi connectivity index (χ0v) is 12.5. The Labute approximate surface area is 128 Å². The van der Waals surface area contributed by atoms with Gasteiger partial charge in [-0.1, -0.05) is 23.7 Å². The van der Waals surface area contributed by atoms with Gasteiger partial charge >= 0.3 is 0 Å². The lowest BCUT2D eigenvalue weighted by atomic mass is 10.1. The van der Waals surface area contributed by atoms with E-state index >= 15 is 0 Å². The van der Waals surface area contributed by atoms with Crippen LogP contribution in [-0.4, -0.2) is 29.2 Å². The predicted octanol–water partition coefficient (Wildman–Crippen LogP) is 2.21. The molecule has 1 aromatic heterocycles. The Morgan fingerprint density at radius 2 is 1.86 bits per heavy atom. The van der Waals surface area contributed by atoms with Crippen LogP contribution in [0, 0.1) is 6.92 Å². The number of rotatable bonds is 6. The van der Waals surface area contributed by atoms with Gasteiger partial charge in [-0.15, -0.1) is 5.10 Å². The topological polar surface area (TPSA) is 66.9 Å². The summed E-state index contributed by atoms with van der Waals surface area (Å²) in [4.78, 5) is 11.8. The summed E-state index contributed by atoms with van der Waals surface area (Å²) in [6.45, 7) is 3.01. The van der Waals surface area contributed by atoms with Crippen LogP contribution in [0.25, 0.3) is 0 Å². The molecule has 6 heteroatoms. The first-order valence-corrected chi connectivity index (χ1v) is 7.06. The Morgan fingerprint density at radius 1 is 1.10 bits per heavy atom. The van der Waals surface area contributed by atoms with E-state index in [0.717, 1.165) is 11.3 Å². The van der Waals surface area contributed by atoms with Crippen LogP contribution in [0.5, 0.6) is 0 Å². The van der Waals surface area contributed by atoms with Gasteiger partial charge in [0.25, 0.3) is 0 Å². The molecule has 110 valence electrons. The second-order valence-corrected chi connectivity index (χ2v) is 5.08. The number of nitrogens with one attached hydrogen (secondary N) is 2. The number of carbonyl (C=O) groups is 1. The fourth-order valence-electron chi connectivity index (χ4n) is 1.74. The monoisotopic (exact) mass is 304 g/mol. The van der Waals surface area contributed by atoms with Crippen LogP contribution in [0.15, 0.2) is 36.4 Å². The molecule has 21 heavy (non-hydrogen) atoms. The van der Waals surface area contributed by atoms with Crippen molar-refractivity contribution >= 4 is 23.3 Å².